The maximum absolute atomic E-state index is 13.0. The van der Waals surface area contributed by atoms with Gasteiger partial charge in [-0.2, -0.15) is 4.31 Å². The highest BCUT2D eigenvalue weighted by Gasteiger charge is 2.30. The zero-order chi connectivity index (χ0) is 22.7. The van der Waals surface area contributed by atoms with Gasteiger partial charge in [0.25, 0.3) is 11.6 Å². The number of nitro benzene ring substituents is 1. The molecule has 0 unspecified atom stereocenters. The molecule has 0 aromatic heterocycles. The zero-order valence-electron chi connectivity index (χ0n) is 17.1. The summed E-state index contributed by atoms with van der Waals surface area (Å²) in [6.45, 7) is 0.677. The van der Waals surface area contributed by atoms with Gasteiger partial charge in [0.15, 0.2) is 6.61 Å². The number of hydrogen-bond donors (Lipinski definition) is 0. The number of piperazine rings is 1. The molecule has 0 spiro atoms. The van der Waals surface area contributed by atoms with Crippen LogP contribution in [0.5, 0.6) is 5.75 Å². The predicted octanol–water partition coefficient (Wildman–Crippen LogP) is 2.66. The molecule has 1 saturated heterocycles. The molecule has 1 amide bonds. The summed E-state index contributed by atoms with van der Waals surface area (Å²) in [6, 6.07) is 18.1. The van der Waals surface area contributed by atoms with E-state index >= 15 is 0 Å². The molecular formula is C22H21N3O6S. The molecule has 0 aliphatic carbocycles. The topological polar surface area (TPSA) is 110 Å². The van der Waals surface area contributed by atoms with Crippen LogP contribution in [0.15, 0.2) is 71.6 Å². The molecular weight excluding hydrogens is 434 g/mol. The van der Waals surface area contributed by atoms with Crippen molar-refractivity contribution in [3.63, 3.8) is 0 Å². The Morgan fingerprint density at radius 1 is 0.938 bits per heavy atom. The van der Waals surface area contributed by atoms with Gasteiger partial charge in [0.1, 0.15) is 5.75 Å². The standard InChI is InChI=1S/C22H21N3O6S/c26-22(16-31-20-8-6-19(7-9-20)25(27)28)23-11-13-24(14-12-23)32(29,30)21-10-5-17-3-1-2-4-18(17)15-21/h1-10,15H,11-14,16H2. The van der Waals surface area contributed by atoms with Gasteiger partial charge >= 0.3 is 0 Å². The van der Waals surface area contributed by atoms with Crippen molar-refractivity contribution in [2.75, 3.05) is 32.8 Å². The Morgan fingerprint density at radius 2 is 1.59 bits per heavy atom. The van der Waals surface area contributed by atoms with Gasteiger partial charge in [0.05, 0.1) is 9.82 Å². The number of hydrogen-bond acceptors (Lipinski definition) is 6. The van der Waals surface area contributed by atoms with E-state index in [1.807, 2.05) is 24.3 Å². The van der Waals surface area contributed by atoms with Crippen molar-refractivity contribution in [1.82, 2.24) is 9.21 Å². The van der Waals surface area contributed by atoms with E-state index in [2.05, 4.69) is 0 Å². The highest BCUT2D eigenvalue weighted by atomic mass is 32.2. The second kappa shape index (κ2) is 8.93. The van der Waals surface area contributed by atoms with Gasteiger partial charge in [-0.1, -0.05) is 30.3 Å². The molecule has 3 aromatic rings. The molecule has 1 fully saturated rings. The minimum Gasteiger partial charge on any atom is -0.484 e. The number of nitrogens with zero attached hydrogens (tertiary/aromatic N) is 3. The smallest absolute Gasteiger partial charge is 0.269 e. The Labute approximate surface area is 185 Å². The third-order valence-corrected chi connectivity index (χ3v) is 7.25. The van der Waals surface area contributed by atoms with E-state index in [1.54, 1.807) is 23.1 Å². The van der Waals surface area contributed by atoms with Crippen LogP contribution in [0.4, 0.5) is 5.69 Å². The first-order valence-electron chi connectivity index (χ1n) is 9.98. The summed E-state index contributed by atoms with van der Waals surface area (Å²) in [5.41, 5.74) is -0.0626. The van der Waals surface area contributed by atoms with Gasteiger partial charge in [-0.05, 0) is 35.0 Å². The number of sulfonamides is 1. The average molecular weight is 455 g/mol. The van der Waals surface area contributed by atoms with E-state index in [4.69, 9.17) is 4.74 Å². The summed E-state index contributed by atoms with van der Waals surface area (Å²) in [7, 11) is -3.66. The highest BCUT2D eigenvalue weighted by Crippen LogP contribution is 2.23. The van der Waals surface area contributed by atoms with Gasteiger partial charge in [-0.3, -0.25) is 14.9 Å². The van der Waals surface area contributed by atoms with Gasteiger partial charge in [0.2, 0.25) is 10.0 Å². The average Bonchev–Trinajstić information content (AvgIpc) is 2.82. The Bertz CT molecular complexity index is 1250. The maximum Gasteiger partial charge on any atom is 0.269 e. The lowest BCUT2D eigenvalue weighted by Crippen LogP contribution is -2.51. The Morgan fingerprint density at radius 3 is 2.25 bits per heavy atom. The van der Waals surface area contributed by atoms with Crippen molar-refractivity contribution in [1.29, 1.82) is 0 Å². The molecule has 10 heteroatoms. The molecule has 9 nitrogen and oxygen atoms in total. The summed E-state index contributed by atoms with van der Waals surface area (Å²) in [4.78, 5) is 24.4. The third kappa shape index (κ3) is 4.56. The molecule has 1 aliphatic heterocycles. The quantitative estimate of drug-likeness (QED) is 0.417. The first-order valence-corrected chi connectivity index (χ1v) is 11.4. The van der Waals surface area contributed by atoms with E-state index < -0.39 is 14.9 Å². The second-order valence-electron chi connectivity index (χ2n) is 7.33. The number of benzene rings is 3. The lowest BCUT2D eigenvalue weighted by Gasteiger charge is -2.34. The SMILES string of the molecule is O=C(COc1ccc([N+](=O)[O-])cc1)N1CCN(S(=O)(=O)c2ccc3ccccc3c2)CC1. The van der Waals surface area contributed by atoms with Crippen molar-refractivity contribution in [2.24, 2.45) is 0 Å². The maximum atomic E-state index is 13.0. The number of ether oxygens (including phenoxy) is 1. The fourth-order valence-corrected chi connectivity index (χ4v) is 5.01. The van der Waals surface area contributed by atoms with Crippen molar-refractivity contribution in [3.05, 3.63) is 76.8 Å². The molecule has 4 rings (SSSR count). The minimum absolute atomic E-state index is 0.0626. The van der Waals surface area contributed by atoms with Gasteiger partial charge in [-0.25, -0.2) is 8.42 Å². The van der Waals surface area contributed by atoms with E-state index in [9.17, 15) is 23.3 Å². The Hall–Kier alpha value is -3.50. The summed E-state index contributed by atoms with van der Waals surface area (Å²) < 4.78 is 32.9. The monoisotopic (exact) mass is 455 g/mol. The van der Waals surface area contributed by atoms with E-state index in [1.165, 1.54) is 28.6 Å². The number of fused-ring (bicyclic) bond motifs is 1. The molecule has 0 bridgehead atoms. The molecule has 1 aliphatic rings. The van der Waals surface area contributed by atoms with Crippen LogP contribution in [0.25, 0.3) is 10.8 Å². The number of nitro groups is 1. The number of amides is 1. The van der Waals surface area contributed by atoms with Gasteiger partial charge < -0.3 is 9.64 Å². The lowest BCUT2D eigenvalue weighted by molar-refractivity contribution is -0.384. The summed E-state index contributed by atoms with van der Waals surface area (Å²) in [5, 5.41) is 12.5. The largest absolute Gasteiger partial charge is 0.484 e. The van der Waals surface area contributed by atoms with Crippen LogP contribution < -0.4 is 4.74 Å². The van der Waals surface area contributed by atoms with Crippen LogP contribution in [-0.2, 0) is 14.8 Å². The minimum atomic E-state index is -3.66. The fraction of sp³-hybridized carbons (Fsp3) is 0.227. The van der Waals surface area contributed by atoms with Crippen LogP contribution >= 0.6 is 0 Å². The predicted molar refractivity (Wildman–Crippen MR) is 118 cm³/mol. The summed E-state index contributed by atoms with van der Waals surface area (Å²) in [5.74, 6) is 0.0765. The van der Waals surface area contributed by atoms with E-state index in [-0.39, 0.29) is 49.3 Å². The van der Waals surface area contributed by atoms with Gasteiger partial charge in [-0.15, -0.1) is 0 Å². The molecule has 0 atom stereocenters. The molecule has 32 heavy (non-hydrogen) atoms. The molecule has 0 radical (unpaired) electrons. The summed E-state index contributed by atoms with van der Waals surface area (Å²) >= 11 is 0. The normalized spacial score (nSPS) is 14.9. The number of non-ortho nitro benzene ring substituents is 1. The van der Waals surface area contributed by atoms with Crippen LogP contribution in [0.2, 0.25) is 0 Å². The summed E-state index contributed by atoms with van der Waals surface area (Å²) in [6.07, 6.45) is 0. The Balaban J connectivity index is 1.34. The molecule has 1 heterocycles. The molecule has 3 aromatic carbocycles. The number of carbonyl (C=O) groups is 1. The highest BCUT2D eigenvalue weighted by molar-refractivity contribution is 7.89. The van der Waals surface area contributed by atoms with Crippen molar-refractivity contribution >= 4 is 32.4 Å². The van der Waals surface area contributed by atoms with Crippen LogP contribution in [0.1, 0.15) is 0 Å². The zero-order valence-corrected chi connectivity index (χ0v) is 17.9. The third-order valence-electron chi connectivity index (χ3n) is 5.36. The van der Waals surface area contributed by atoms with E-state index in [0.717, 1.165) is 10.8 Å². The second-order valence-corrected chi connectivity index (χ2v) is 9.27. The van der Waals surface area contributed by atoms with Crippen molar-refractivity contribution < 1.29 is 22.9 Å². The number of carbonyl (C=O) groups excluding carboxylic acids is 1. The first kappa shape index (κ1) is 21.7. The van der Waals surface area contributed by atoms with Crippen LogP contribution in [0, 0.1) is 10.1 Å². The van der Waals surface area contributed by atoms with E-state index in [0.29, 0.717) is 5.75 Å². The Kier molecular flexibility index (Phi) is 6.06. The van der Waals surface area contributed by atoms with Crippen LogP contribution in [0.3, 0.4) is 0 Å². The van der Waals surface area contributed by atoms with Crippen molar-refractivity contribution in [2.45, 2.75) is 4.90 Å². The fourth-order valence-electron chi connectivity index (χ4n) is 3.56. The molecule has 0 N–H and O–H groups in total. The lowest BCUT2D eigenvalue weighted by atomic mass is 10.1. The van der Waals surface area contributed by atoms with Crippen molar-refractivity contribution in [3.8, 4) is 5.75 Å². The first-order chi connectivity index (χ1) is 15.3. The molecule has 166 valence electrons. The number of rotatable bonds is 6. The van der Waals surface area contributed by atoms with Crippen LogP contribution in [-0.4, -0.2) is 61.2 Å². The van der Waals surface area contributed by atoms with Gasteiger partial charge in [0, 0.05) is 38.3 Å². The molecule has 0 saturated carbocycles.